The van der Waals surface area contributed by atoms with E-state index in [9.17, 15) is 17.0 Å². The first kappa shape index (κ1) is 13.4. The first-order chi connectivity index (χ1) is 8.43. The van der Waals surface area contributed by atoms with Gasteiger partial charge in [-0.15, -0.1) is 0 Å². The van der Waals surface area contributed by atoms with Crippen LogP contribution in [0.25, 0.3) is 0 Å². The third-order valence-electron chi connectivity index (χ3n) is 2.77. The van der Waals surface area contributed by atoms with Gasteiger partial charge in [-0.3, -0.25) is 4.21 Å². The maximum absolute atomic E-state index is 13.3. The molecule has 1 heterocycles. The van der Waals surface area contributed by atoms with Gasteiger partial charge in [0.2, 0.25) is 10.0 Å². The zero-order valence-electron chi connectivity index (χ0n) is 9.50. The van der Waals surface area contributed by atoms with Crippen LogP contribution >= 0.6 is 0 Å². The number of anilines is 1. The lowest BCUT2D eigenvalue weighted by Crippen LogP contribution is -2.41. The molecule has 2 rings (SSSR count). The molecule has 1 saturated heterocycles. The van der Waals surface area contributed by atoms with Crippen molar-refractivity contribution in [2.24, 2.45) is 0 Å². The Morgan fingerprint density at radius 3 is 2.50 bits per heavy atom. The smallest absolute Gasteiger partial charge is 0.245 e. The van der Waals surface area contributed by atoms with Crippen molar-refractivity contribution in [2.45, 2.75) is 4.90 Å². The molecule has 1 aliphatic heterocycles. The van der Waals surface area contributed by atoms with E-state index >= 15 is 0 Å². The lowest BCUT2D eigenvalue weighted by molar-refractivity contribution is 0.438. The molecule has 18 heavy (non-hydrogen) atoms. The highest BCUT2D eigenvalue weighted by Gasteiger charge is 2.30. The minimum atomic E-state index is -3.80. The fourth-order valence-corrected chi connectivity index (χ4v) is 4.59. The van der Waals surface area contributed by atoms with E-state index in [0.717, 1.165) is 6.07 Å². The van der Waals surface area contributed by atoms with Gasteiger partial charge in [-0.05, 0) is 12.1 Å². The van der Waals surface area contributed by atoms with Gasteiger partial charge in [0, 0.05) is 35.4 Å². The molecule has 1 aromatic carbocycles. The highest BCUT2D eigenvalue weighted by atomic mass is 32.2. The summed E-state index contributed by atoms with van der Waals surface area (Å²) in [6, 6.07) is 3.69. The number of benzene rings is 1. The molecule has 0 radical (unpaired) electrons. The molecule has 0 bridgehead atoms. The van der Waals surface area contributed by atoms with Crippen LogP contribution in [0.1, 0.15) is 0 Å². The van der Waals surface area contributed by atoms with Crippen LogP contribution in [0, 0.1) is 5.82 Å². The summed E-state index contributed by atoms with van der Waals surface area (Å²) >= 11 is 0. The van der Waals surface area contributed by atoms with E-state index < -0.39 is 26.6 Å². The van der Waals surface area contributed by atoms with Crippen molar-refractivity contribution in [3.8, 4) is 0 Å². The molecular weight excluding hydrogens is 279 g/mol. The topological polar surface area (TPSA) is 80.5 Å². The monoisotopic (exact) mass is 292 g/mol. The molecule has 0 aliphatic carbocycles. The molecule has 100 valence electrons. The van der Waals surface area contributed by atoms with E-state index in [2.05, 4.69) is 0 Å². The van der Waals surface area contributed by atoms with Gasteiger partial charge >= 0.3 is 0 Å². The Kier molecular flexibility index (Phi) is 3.69. The molecule has 0 saturated carbocycles. The molecule has 5 nitrogen and oxygen atoms in total. The molecule has 0 aromatic heterocycles. The maximum atomic E-state index is 13.3. The first-order valence-electron chi connectivity index (χ1n) is 5.32. The van der Waals surface area contributed by atoms with E-state index in [1.807, 2.05) is 0 Å². The van der Waals surface area contributed by atoms with Gasteiger partial charge in [-0.25, -0.2) is 12.8 Å². The normalized spacial score (nSPS) is 18.9. The van der Waals surface area contributed by atoms with Crippen LogP contribution in [0.2, 0.25) is 0 Å². The fraction of sp³-hybridized carbons (Fsp3) is 0.400. The highest BCUT2D eigenvalue weighted by Crippen LogP contribution is 2.25. The number of nitrogen functional groups attached to an aromatic ring is 1. The summed E-state index contributed by atoms with van der Waals surface area (Å²) in [6.07, 6.45) is 0. The van der Waals surface area contributed by atoms with Crippen molar-refractivity contribution in [1.29, 1.82) is 0 Å². The van der Waals surface area contributed by atoms with Crippen molar-refractivity contribution in [1.82, 2.24) is 4.31 Å². The lowest BCUT2D eigenvalue weighted by Gasteiger charge is -2.26. The van der Waals surface area contributed by atoms with Crippen LogP contribution in [-0.2, 0) is 20.8 Å². The third-order valence-corrected chi connectivity index (χ3v) is 6.00. The predicted octanol–water partition coefficient (Wildman–Crippen LogP) is 0.161. The number of nitrogens with two attached hydrogens (primary N) is 1. The van der Waals surface area contributed by atoms with Crippen LogP contribution in [0.5, 0.6) is 0 Å². The Morgan fingerprint density at radius 1 is 1.28 bits per heavy atom. The molecule has 0 spiro atoms. The zero-order valence-corrected chi connectivity index (χ0v) is 11.1. The minimum Gasteiger partial charge on any atom is -0.395 e. The van der Waals surface area contributed by atoms with Gasteiger partial charge in [0.15, 0.2) is 0 Å². The summed E-state index contributed by atoms with van der Waals surface area (Å²) in [5, 5.41) is 0. The van der Waals surface area contributed by atoms with Gasteiger partial charge < -0.3 is 5.73 Å². The van der Waals surface area contributed by atoms with Gasteiger partial charge in [0.1, 0.15) is 10.7 Å². The Labute approximate surface area is 107 Å². The Bertz CT molecular complexity index is 579. The molecular formula is C10H13FN2O3S2. The molecule has 1 aliphatic rings. The summed E-state index contributed by atoms with van der Waals surface area (Å²) in [6.45, 7) is 0.343. The summed E-state index contributed by atoms with van der Waals surface area (Å²) in [5.41, 5.74) is 5.09. The van der Waals surface area contributed by atoms with E-state index in [0.29, 0.717) is 11.5 Å². The number of para-hydroxylation sites is 1. The maximum Gasteiger partial charge on any atom is 0.245 e. The van der Waals surface area contributed by atoms with Crippen LogP contribution in [0.4, 0.5) is 10.1 Å². The van der Waals surface area contributed by atoms with E-state index in [4.69, 9.17) is 5.73 Å². The number of hydrogen-bond acceptors (Lipinski definition) is 4. The number of rotatable bonds is 2. The van der Waals surface area contributed by atoms with E-state index in [1.54, 1.807) is 0 Å². The zero-order chi connectivity index (χ0) is 13.3. The van der Waals surface area contributed by atoms with Gasteiger partial charge in [-0.1, -0.05) is 6.07 Å². The Balaban J connectivity index is 2.36. The van der Waals surface area contributed by atoms with E-state index in [1.165, 1.54) is 16.4 Å². The van der Waals surface area contributed by atoms with Crippen LogP contribution < -0.4 is 5.73 Å². The first-order valence-corrected chi connectivity index (χ1v) is 8.25. The Hall–Kier alpha value is -0.990. The quantitative estimate of drug-likeness (QED) is 0.787. The average molecular weight is 292 g/mol. The average Bonchev–Trinajstić information content (AvgIpc) is 2.33. The summed E-state index contributed by atoms with van der Waals surface area (Å²) < 4.78 is 50.2. The number of sulfonamides is 1. The number of nitrogens with zero attached hydrogens (tertiary/aromatic N) is 1. The number of hydrogen-bond donors (Lipinski definition) is 1. The standard InChI is InChI=1S/C10H13FN2O3S2/c11-8-2-1-3-9(10(8)12)18(15,16)13-4-6-17(14)7-5-13/h1-3H,4-7,12H2. The van der Waals surface area contributed by atoms with Gasteiger partial charge in [-0.2, -0.15) is 4.31 Å². The minimum absolute atomic E-state index is 0.172. The van der Waals surface area contributed by atoms with Crippen molar-refractivity contribution in [3.63, 3.8) is 0 Å². The Morgan fingerprint density at radius 2 is 1.89 bits per heavy atom. The highest BCUT2D eigenvalue weighted by molar-refractivity contribution is 7.89. The van der Waals surface area contributed by atoms with Crippen LogP contribution in [0.3, 0.4) is 0 Å². The molecule has 0 unspecified atom stereocenters. The molecule has 8 heteroatoms. The summed E-state index contributed by atoms with van der Waals surface area (Å²) in [5.74, 6) is -0.153. The van der Waals surface area contributed by atoms with Crippen molar-refractivity contribution in [2.75, 3.05) is 30.3 Å². The third kappa shape index (κ3) is 2.40. The predicted molar refractivity (Wildman–Crippen MR) is 67.4 cm³/mol. The van der Waals surface area contributed by atoms with Crippen molar-refractivity contribution in [3.05, 3.63) is 24.0 Å². The van der Waals surface area contributed by atoms with Gasteiger partial charge in [0.05, 0.1) is 5.69 Å². The molecule has 0 atom stereocenters. The molecule has 1 fully saturated rings. The lowest BCUT2D eigenvalue weighted by atomic mass is 10.3. The largest absolute Gasteiger partial charge is 0.395 e. The molecule has 2 N–H and O–H groups in total. The second-order valence-electron chi connectivity index (χ2n) is 3.90. The molecule has 1 aromatic rings. The molecule has 0 amide bonds. The summed E-state index contributed by atoms with van der Waals surface area (Å²) in [7, 11) is -4.78. The second kappa shape index (κ2) is 4.94. The van der Waals surface area contributed by atoms with E-state index in [-0.39, 0.29) is 23.7 Å². The van der Waals surface area contributed by atoms with Crippen molar-refractivity contribution < 1.29 is 17.0 Å². The van der Waals surface area contributed by atoms with Crippen LogP contribution in [-0.4, -0.2) is 41.5 Å². The fourth-order valence-electron chi connectivity index (χ4n) is 1.74. The summed E-state index contributed by atoms with van der Waals surface area (Å²) in [4.78, 5) is -0.227. The second-order valence-corrected chi connectivity index (χ2v) is 7.51. The van der Waals surface area contributed by atoms with Crippen LogP contribution in [0.15, 0.2) is 23.1 Å². The van der Waals surface area contributed by atoms with Crippen molar-refractivity contribution >= 4 is 26.5 Å². The van der Waals surface area contributed by atoms with Gasteiger partial charge in [0.25, 0.3) is 0 Å². The number of halogens is 1. The SMILES string of the molecule is Nc1c(F)cccc1S(=O)(=O)N1CCS(=O)CC1.